The van der Waals surface area contributed by atoms with Gasteiger partial charge in [-0.3, -0.25) is 9.69 Å². The van der Waals surface area contributed by atoms with Crippen LogP contribution >= 0.6 is 0 Å². The Kier molecular flexibility index (Phi) is 5.28. The summed E-state index contributed by atoms with van der Waals surface area (Å²) in [6.07, 6.45) is 2.73. The Bertz CT molecular complexity index is 499. The first-order chi connectivity index (χ1) is 9.99. The number of carboxylic acid groups (broad SMARTS) is 1. The fourth-order valence-corrected chi connectivity index (χ4v) is 3.00. The average molecular weight is 297 g/mol. The molecule has 1 fully saturated rings. The lowest BCUT2D eigenvalue weighted by atomic mass is 9.91. The highest BCUT2D eigenvalue weighted by atomic mass is 19.2. The third-order valence-electron chi connectivity index (χ3n) is 4.39. The lowest BCUT2D eigenvalue weighted by Crippen LogP contribution is -2.36. The number of hydrogen-bond donors (Lipinski definition) is 1. The van der Waals surface area contributed by atoms with Crippen molar-refractivity contribution in [2.75, 3.05) is 13.1 Å². The predicted octanol–water partition coefficient (Wildman–Crippen LogP) is 3.60. The lowest BCUT2D eigenvalue weighted by molar-refractivity contribution is -0.137. The average Bonchev–Trinajstić information content (AvgIpc) is 2.48. The molecule has 3 nitrogen and oxygen atoms in total. The van der Waals surface area contributed by atoms with E-state index in [-0.39, 0.29) is 12.5 Å². The molecule has 21 heavy (non-hydrogen) atoms. The fourth-order valence-electron chi connectivity index (χ4n) is 3.00. The second-order valence-corrected chi connectivity index (χ2v) is 5.73. The zero-order valence-electron chi connectivity index (χ0n) is 12.2. The van der Waals surface area contributed by atoms with Crippen LogP contribution in [0.5, 0.6) is 0 Å². The molecule has 1 N–H and O–H groups in total. The smallest absolute Gasteiger partial charge is 0.303 e. The van der Waals surface area contributed by atoms with Gasteiger partial charge < -0.3 is 5.11 Å². The van der Waals surface area contributed by atoms with Gasteiger partial charge in [-0.05, 0) is 51.3 Å². The van der Waals surface area contributed by atoms with Crippen molar-refractivity contribution in [3.8, 4) is 0 Å². The minimum absolute atomic E-state index is 0.166. The normalized spacial score (nSPS) is 18.6. The summed E-state index contributed by atoms with van der Waals surface area (Å²) in [5, 5.41) is 8.70. The van der Waals surface area contributed by atoms with Crippen molar-refractivity contribution in [2.24, 2.45) is 5.92 Å². The standard InChI is InChI=1S/C16H21F2NO2/c1-11(13-3-2-4-14(17)16(13)18)19-9-7-12(8-10-19)5-6-15(20)21/h2-4,11-12H,5-10H2,1H3,(H,20,21). The molecule has 1 aromatic carbocycles. The molecule has 0 radical (unpaired) electrons. The van der Waals surface area contributed by atoms with Crippen LogP contribution in [-0.4, -0.2) is 29.1 Å². The van der Waals surface area contributed by atoms with Gasteiger partial charge in [0.1, 0.15) is 0 Å². The van der Waals surface area contributed by atoms with Crippen LogP contribution in [0.1, 0.15) is 44.2 Å². The van der Waals surface area contributed by atoms with Gasteiger partial charge in [0.05, 0.1) is 0 Å². The van der Waals surface area contributed by atoms with Crippen molar-refractivity contribution in [1.82, 2.24) is 4.90 Å². The number of likely N-dealkylation sites (tertiary alicyclic amines) is 1. The van der Waals surface area contributed by atoms with Gasteiger partial charge >= 0.3 is 5.97 Å². The van der Waals surface area contributed by atoms with Gasteiger partial charge in [0.2, 0.25) is 0 Å². The molecule has 1 aromatic rings. The predicted molar refractivity (Wildman–Crippen MR) is 75.9 cm³/mol. The largest absolute Gasteiger partial charge is 0.481 e. The molecule has 1 heterocycles. The zero-order chi connectivity index (χ0) is 15.4. The van der Waals surface area contributed by atoms with Gasteiger partial charge in [0.15, 0.2) is 11.6 Å². The van der Waals surface area contributed by atoms with Crippen molar-refractivity contribution in [3.05, 3.63) is 35.4 Å². The SMILES string of the molecule is CC(c1cccc(F)c1F)N1CCC(CCC(=O)O)CC1. The summed E-state index contributed by atoms with van der Waals surface area (Å²) in [7, 11) is 0. The number of piperidine rings is 1. The molecule has 1 unspecified atom stereocenters. The molecule has 1 saturated heterocycles. The molecule has 0 bridgehead atoms. The number of rotatable bonds is 5. The van der Waals surface area contributed by atoms with E-state index in [4.69, 9.17) is 5.11 Å². The summed E-state index contributed by atoms with van der Waals surface area (Å²) >= 11 is 0. The molecule has 1 atom stereocenters. The van der Waals surface area contributed by atoms with E-state index in [2.05, 4.69) is 4.90 Å². The second-order valence-electron chi connectivity index (χ2n) is 5.73. The number of carbonyl (C=O) groups is 1. The maximum atomic E-state index is 13.8. The molecule has 0 spiro atoms. The number of carboxylic acids is 1. The topological polar surface area (TPSA) is 40.5 Å². The van der Waals surface area contributed by atoms with Crippen LogP contribution < -0.4 is 0 Å². The van der Waals surface area contributed by atoms with Gasteiger partial charge in [-0.15, -0.1) is 0 Å². The van der Waals surface area contributed by atoms with E-state index in [1.807, 2.05) is 6.92 Å². The highest BCUT2D eigenvalue weighted by Gasteiger charge is 2.25. The van der Waals surface area contributed by atoms with E-state index in [1.165, 1.54) is 6.07 Å². The minimum Gasteiger partial charge on any atom is -0.481 e. The highest BCUT2D eigenvalue weighted by molar-refractivity contribution is 5.66. The zero-order valence-corrected chi connectivity index (χ0v) is 12.2. The van der Waals surface area contributed by atoms with Crippen LogP contribution in [0.4, 0.5) is 8.78 Å². The molecule has 5 heteroatoms. The van der Waals surface area contributed by atoms with Crippen LogP contribution in [0.25, 0.3) is 0 Å². The molecule has 0 saturated carbocycles. The first-order valence-corrected chi connectivity index (χ1v) is 7.38. The summed E-state index contributed by atoms with van der Waals surface area (Å²) < 4.78 is 27.1. The number of benzene rings is 1. The quantitative estimate of drug-likeness (QED) is 0.902. The highest BCUT2D eigenvalue weighted by Crippen LogP contribution is 2.30. The van der Waals surface area contributed by atoms with E-state index >= 15 is 0 Å². The van der Waals surface area contributed by atoms with Crippen molar-refractivity contribution in [2.45, 2.75) is 38.6 Å². The summed E-state index contributed by atoms with van der Waals surface area (Å²) in [5.74, 6) is -1.91. The Morgan fingerprint density at radius 1 is 1.38 bits per heavy atom. The lowest BCUT2D eigenvalue weighted by Gasteiger charge is -2.36. The van der Waals surface area contributed by atoms with Gasteiger partial charge in [-0.1, -0.05) is 12.1 Å². The number of hydrogen-bond acceptors (Lipinski definition) is 2. The summed E-state index contributed by atoms with van der Waals surface area (Å²) in [6.45, 7) is 3.47. The van der Waals surface area contributed by atoms with E-state index in [0.717, 1.165) is 32.0 Å². The van der Waals surface area contributed by atoms with E-state index in [1.54, 1.807) is 6.07 Å². The molecule has 2 rings (SSSR count). The molecule has 116 valence electrons. The summed E-state index contributed by atoms with van der Waals surface area (Å²) in [5.41, 5.74) is 0.388. The molecule has 1 aliphatic heterocycles. The number of nitrogens with zero attached hydrogens (tertiary/aromatic N) is 1. The molecule has 0 aliphatic carbocycles. The van der Waals surface area contributed by atoms with Crippen LogP contribution in [0.2, 0.25) is 0 Å². The van der Waals surface area contributed by atoms with E-state index < -0.39 is 17.6 Å². The Morgan fingerprint density at radius 2 is 2.05 bits per heavy atom. The maximum absolute atomic E-state index is 13.8. The number of halogens is 2. The van der Waals surface area contributed by atoms with Crippen molar-refractivity contribution < 1.29 is 18.7 Å². The van der Waals surface area contributed by atoms with Gasteiger partial charge in [0.25, 0.3) is 0 Å². The first-order valence-electron chi connectivity index (χ1n) is 7.38. The summed E-state index contributed by atoms with van der Waals surface area (Å²) in [6, 6.07) is 4.12. The van der Waals surface area contributed by atoms with E-state index in [0.29, 0.717) is 17.9 Å². The third kappa shape index (κ3) is 4.00. The Balaban J connectivity index is 1.92. The Hall–Kier alpha value is -1.49. The molecular formula is C16H21F2NO2. The van der Waals surface area contributed by atoms with Gasteiger partial charge in [-0.2, -0.15) is 0 Å². The monoisotopic (exact) mass is 297 g/mol. The van der Waals surface area contributed by atoms with Crippen LogP contribution in [0, 0.1) is 17.6 Å². The van der Waals surface area contributed by atoms with Crippen molar-refractivity contribution in [3.63, 3.8) is 0 Å². The summed E-state index contributed by atoms with van der Waals surface area (Å²) in [4.78, 5) is 12.7. The van der Waals surface area contributed by atoms with Crippen LogP contribution in [0.3, 0.4) is 0 Å². The second kappa shape index (κ2) is 6.98. The molecule has 0 aromatic heterocycles. The molecular weight excluding hydrogens is 276 g/mol. The van der Waals surface area contributed by atoms with Crippen molar-refractivity contribution >= 4 is 5.97 Å². The maximum Gasteiger partial charge on any atom is 0.303 e. The van der Waals surface area contributed by atoms with E-state index in [9.17, 15) is 13.6 Å². The third-order valence-corrected chi connectivity index (χ3v) is 4.39. The fraction of sp³-hybridized carbons (Fsp3) is 0.562. The first kappa shape index (κ1) is 15.9. The van der Waals surface area contributed by atoms with Crippen molar-refractivity contribution in [1.29, 1.82) is 0 Å². The Labute approximate surface area is 123 Å². The number of aliphatic carboxylic acids is 1. The van der Waals surface area contributed by atoms with Crippen LogP contribution in [-0.2, 0) is 4.79 Å². The molecule has 0 amide bonds. The van der Waals surface area contributed by atoms with Gasteiger partial charge in [0, 0.05) is 18.0 Å². The van der Waals surface area contributed by atoms with Crippen LogP contribution in [0.15, 0.2) is 18.2 Å². The molecule has 1 aliphatic rings. The Morgan fingerprint density at radius 3 is 2.67 bits per heavy atom. The van der Waals surface area contributed by atoms with Gasteiger partial charge in [-0.25, -0.2) is 8.78 Å². The minimum atomic E-state index is -0.810.